The van der Waals surface area contributed by atoms with Crippen molar-refractivity contribution in [2.45, 2.75) is 24.2 Å². The Hall–Kier alpha value is -4.24. The highest BCUT2D eigenvalue weighted by Crippen LogP contribution is 2.65. The molecule has 48 heavy (non-hydrogen) atoms. The van der Waals surface area contributed by atoms with Gasteiger partial charge in [0.2, 0.25) is 23.6 Å². The topological polar surface area (TPSA) is 95.0 Å². The summed E-state index contributed by atoms with van der Waals surface area (Å²) in [6.45, 7) is 0. The average Bonchev–Trinajstić information content (AvgIpc) is 3.47. The van der Waals surface area contributed by atoms with E-state index in [-0.39, 0.29) is 30.4 Å². The maximum atomic E-state index is 15.2. The number of carbonyl (C=O) groups is 4. The summed E-state index contributed by atoms with van der Waals surface area (Å²) in [4.78, 5) is 60.8. The van der Waals surface area contributed by atoms with Gasteiger partial charge in [0, 0.05) is 26.0 Å². The van der Waals surface area contributed by atoms with E-state index in [9.17, 15) is 19.5 Å². The third kappa shape index (κ3) is 4.39. The summed E-state index contributed by atoms with van der Waals surface area (Å²) in [5, 5.41) is 12.2. The van der Waals surface area contributed by atoms with Crippen LogP contribution in [0.15, 0.2) is 113 Å². The summed E-state index contributed by atoms with van der Waals surface area (Å²) in [6, 6.07) is 27.4. The molecule has 4 aliphatic rings. The summed E-state index contributed by atoms with van der Waals surface area (Å²) in [6.07, 6.45) is 2.37. The molecule has 2 aliphatic carbocycles. The Morgan fingerprint density at radius 3 is 2.19 bits per heavy atom. The quantitative estimate of drug-likeness (QED) is 0.170. The van der Waals surface area contributed by atoms with E-state index in [1.807, 2.05) is 36.4 Å². The van der Waals surface area contributed by atoms with Gasteiger partial charge >= 0.3 is 0 Å². The van der Waals surface area contributed by atoms with E-state index in [4.69, 9.17) is 23.2 Å². The van der Waals surface area contributed by atoms with E-state index in [0.29, 0.717) is 32.5 Å². The number of allylic oxidation sites excluding steroid dienone is 2. The zero-order valence-corrected chi connectivity index (χ0v) is 28.3. The standard InChI is InChI=1S/C38H27BrCl2N2O5/c39-21-9-12-24(13-10-21)42-34(45)27-15-14-26-28(32(27)36(42)47)19-30-35(46)43(25-8-4-7-22(40)17-25)37(48)38(30,20-5-2-1-3-6-20)33(26)29-18-23(41)11-16-31(29)44/h1-14,16-18,27-28,30,32-33,44H,15,19H2. The molecule has 1 saturated carbocycles. The molecule has 240 valence electrons. The first kappa shape index (κ1) is 31.1. The molecule has 0 spiro atoms. The minimum atomic E-state index is -1.50. The van der Waals surface area contributed by atoms with Crippen molar-refractivity contribution in [1.82, 2.24) is 0 Å². The fourth-order valence-corrected chi connectivity index (χ4v) is 9.32. The first-order chi connectivity index (χ1) is 23.1. The van der Waals surface area contributed by atoms with Crippen LogP contribution in [0.3, 0.4) is 0 Å². The molecule has 6 atom stereocenters. The van der Waals surface area contributed by atoms with Gasteiger partial charge in [0.05, 0.1) is 34.5 Å². The lowest BCUT2D eigenvalue weighted by Crippen LogP contribution is -2.53. The van der Waals surface area contributed by atoms with Crippen LogP contribution in [0.2, 0.25) is 10.0 Å². The number of phenolic OH excluding ortho intramolecular Hbond substituents is 1. The molecule has 0 bridgehead atoms. The molecule has 6 unspecified atom stereocenters. The van der Waals surface area contributed by atoms with Crippen molar-refractivity contribution in [3.05, 3.63) is 134 Å². The molecule has 4 aromatic carbocycles. The predicted octanol–water partition coefficient (Wildman–Crippen LogP) is 7.83. The van der Waals surface area contributed by atoms with Gasteiger partial charge in [-0.2, -0.15) is 0 Å². The second-order valence-corrected chi connectivity index (χ2v) is 14.6. The van der Waals surface area contributed by atoms with Crippen LogP contribution in [-0.2, 0) is 24.6 Å². The average molecular weight is 742 g/mol. The maximum Gasteiger partial charge on any atom is 0.246 e. The fourth-order valence-electron chi connectivity index (χ4n) is 8.69. The molecule has 2 heterocycles. The van der Waals surface area contributed by atoms with Gasteiger partial charge < -0.3 is 5.11 Å². The minimum Gasteiger partial charge on any atom is -0.508 e. The van der Waals surface area contributed by atoms with Crippen LogP contribution in [-0.4, -0.2) is 28.7 Å². The van der Waals surface area contributed by atoms with Gasteiger partial charge in [0.25, 0.3) is 0 Å². The summed E-state index contributed by atoms with van der Waals surface area (Å²) in [5.74, 6) is -5.40. The molecule has 10 heteroatoms. The molecule has 4 aromatic rings. The summed E-state index contributed by atoms with van der Waals surface area (Å²) < 4.78 is 0.814. The fraction of sp³-hybridized carbons (Fsp3) is 0.211. The highest BCUT2D eigenvalue weighted by Gasteiger charge is 2.70. The number of benzene rings is 4. The number of fused-ring (bicyclic) bond motifs is 4. The molecule has 4 amide bonds. The molecule has 2 aliphatic heterocycles. The lowest BCUT2D eigenvalue weighted by molar-refractivity contribution is -0.127. The zero-order valence-electron chi connectivity index (χ0n) is 25.2. The van der Waals surface area contributed by atoms with Gasteiger partial charge in [0.1, 0.15) is 5.75 Å². The number of carbonyl (C=O) groups excluding carboxylic acids is 4. The molecule has 3 fully saturated rings. The summed E-state index contributed by atoms with van der Waals surface area (Å²) >= 11 is 16.4. The van der Waals surface area contributed by atoms with Crippen LogP contribution in [0.4, 0.5) is 11.4 Å². The lowest BCUT2D eigenvalue weighted by atomic mass is 9.49. The van der Waals surface area contributed by atoms with Crippen LogP contribution in [0.1, 0.15) is 29.9 Å². The number of nitrogens with zero attached hydrogens (tertiary/aromatic N) is 2. The third-order valence-electron chi connectivity index (χ3n) is 10.6. The molecule has 0 aromatic heterocycles. The second kappa shape index (κ2) is 11.4. The van der Waals surface area contributed by atoms with E-state index in [1.54, 1.807) is 60.7 Å². The van der Waals surface area contributed by atoms with Crippen LogP contribution < -0.4 is 9.80 Å². The van der Waals surface area contributed by atoms with Gasteiger partial charge in [-0.25, -0.2) is 4.90 Å². The van der Waals surface area contributed by atoms with Gasteiger partial charge in [0.15, 0.2) is 0 Å². The third-order valence-corrected chi connectivity index (χ3v) is 11.6. The second-order valence-electron chi connectivity index (χ2n) is 12.8. The summed E-state index contributed by atoms with van der Waals surface area (Å²) in [7, 11) is 0. The van der Waals surface area contributed by atoms with Crippen molar-refractivity contribution >= 4 is 74.1 Å². The van der Waals surface area contributed by atoms with Crippen molar-refractivity contribution < 1.29 is 24.3 Å². The first-order valence-corrected chi connectivity index (χ1v) is 17.2. The van der Waals surface area contributed by atoms with E-state index in [0.717, 1.165) is 10.0 Å². The number of phenols is 1. The van der Waals surface area contributed by atoms with Crippen LogP contribution >= 0.6 is 39.1 Å². The van der Waals surface area contributed by atoms with Gasteiger partial charge in [-0.15, -0.1) is 0 Å². The lowest BCUT2D eigenvalue weighted by Gasteiger charge is -2.50. The number of aromatic hydroxyl groups is 1. The molecule has 2 saturated heterocycles. The molecule has 0 radical (unpaired) electrons. The molecule has 8 rings (SSSR count). The highest BCUT2D eigenvalue weighted by molar-refractivity contribution is 9.10. The van der Waals surface area contributed by atoms with Crippen LogP contribution in [0.25, 0.3) is 0 Å². The van der Waals surface area contributed by atoms with Crippen molar-refractivity contribution in [2.75, 3.05) is 9.80 Å². The Labute approximate surface area is 294 Å². The largest absolute Gasteiger partial charge is 0.508 e. The Bertz CT molecular complexity index is 2070. The number of rotatable bonds is 4. The van der Waals surface area contributed by atoms with E-state index in [2.05, 4.69) is 15.9 Å². The number of anilines is 2. The predicted molar refractivity (Wildman–Crippen MR) is 186 cm³/mol. The smallest absolute Gasteiger partial charge is 0.246 e. The van der Waals surface area contributed by atoms with Gasteiger partial charge in [-0.3, -0.25) is 24.1 Å². The number of hydrogen-bond donors (Lipinski definition) is 1. The van der Waals surface area contributed by atoms with Crippen molar-refractivity contribution in [2.24, 2.45) is 23.7 Å². The Balaban J connectivity index is 1.36. The van der Waals surface area contributed by atoms with E-state index < -0.39 is 46.8 Å². The molecular weight excluding hydrogens is 715 g/mol. The van der Waals surface area contributed by atoms with Gasteiger partial charge in [-0.1, -0.05) is 87.2 Å². The number of halogens is 3. The summed E-state index contributed by atoms with van der Waals surface area (Å²) in [5.41, 5.74) is 1.02. The van der Waals surface area contributed by atoms with E-state index >= 15 is 4.79 Å². The van der Waals surface area contributed by atoms with Crippen LogP contribution in [0, 0.1) is 23.7 Å². The minimum absolute atomic E-state index is 0.0890. The normalized spacial score (nSPS) is 27.9. The zero-order chi connectivity index (χ0) is 33.5. The Morgan fingerprint density at radius 2 is 1.46 bits per heavy atom. The molecule has 1 N–H and O–H groups in total. The molecule has 7 nitrogen and oxygen atoms in total. The number of hydrogen-bond acceptors (Lipinski definition) is 5. The Kier molecular flexibility index (Phi) is 7.40. The maximum absolute atomic E-state index is 15.2. The highest BCUT2D eigenvalue weighted by atomic mass is 79.9. The van der Waals surface area contributed by atoms with E-state index in [1.165, 1.54) is 15.9 Å². The monoisotopic (exact) mass is 740 g/mol. The van der Waals surface area contributed by atoms with Crippen molar-refractivity contribution in [1.29, 1.82) is 0 Å². The number of amides is 4. The van der Waals surface area contributed by atoms with Crippen LogP contribution in [0.5, 0.6) is 5.75 Å². The number of imide groups is 2. The van der Waals surface area contributed by atoms with Gasteiger partial charge in [-0.05, 0) is 85.0 Å². The van der Waals surface area contributed by atoms with Crippen molar-refractivity contribution in [3.63, 3.8) is 0 Å². The molecular formula is C38H27BrCl2N2O5. The SMILES string of the molecule is O=C1C2CC=C3C(CC4C(=O)N(c5cccc(Cl)c5)C(=O)C4(c4ccccc4)C3c3cc(Cl)ccc3O)C2C(=O)N1c1ccc(Br)cc1. The first-order valence-electron chi connectivity index (χ1n) is 15.6. The van der Waals surface area contributed by atoms with Crippen molar-refractivity contribution in [3.8, 4) is 5.75 Å². The Morgan fingerprint density at radius 1 is 0.729 bits per heavy atom.